The van der Waals surface area contributed by atoms with Gasteiger partial charge < -0.3 is 9.84 Å². The summed E-state index contributed by atoms with van der Waals surface area (Å²) >= 11 is 0. The molecule has 1 fully saturated rings. The summed E-state index contributed by atoms with van der Waals surface area (Å²) in [6.45, 7) is 4.43. The van der Waals surface area contributed by atoms with Crippen LogP contribution in [-0.4, -0.2) is 25.1 Å². The Labute approximate surface area is 127 Å². The van der Waals surface area contributed by atoms with E-state index in [1.54, 1.807) is 0 Å². The van der Waals surface area contributed by atoms with Crippen molar-refractivity contribution >= 4 is 16.9 Å². The van der Waals surface area contributed by atoms with E-state index in [0.717, 1.165) is 41.1 Å². The summed E-state index contributed by atoms with van der Waals surface area (Å²) in [7, 11) is 0. The molecule has 1 N–H and O–H groups in total. The van der Waals surface area contributed by atoms with Gasteiger partial charge in [0.2, 0.25) is 5.89 Å². The van der Waals surface area contributed by atoms with Gasteiger partial charge in [0.1, 0.15) is 12.1 Å². The Kier molecular flexibility index (Phi) is 2.99. The van der Waals surface area contributed by atoms with E-state index >= 15 is 0 Å². The number of nitrogens with one attached hydrogen (secondary N) is 1. The van der Waals surface area contributed by atoms with Crippen molar-refractivity contribution in [3.8, 4) is 0 Å². The van der Waals surface area contributed by atoms with Crippen LogP contribution in [0, 0.1) is 13.8 Å². The molecule has 0 saturated heterocycles. The fraction of sp³-hybridized carbons (Fsp3) is 0.400. The molecule has 3 aromatic rings. The number of rotatable bonds is 4. The minimum atomic E-state index is 0.444. The van der Waals surface area contributed by atoms with Crippen LogP contribution in [0.4, 0.5) is 5.82 Å². The Hall–Kier alpha value is -2.57. The molecule has 0 spiro atoms. The van der Waals surface area contributed by atoms with Gasteiger partial charge in [-0.1, -0.05) is 5.16 Å². The van der Waals surface area contributed by atoms with E-state index in [4.69, 9.17) is 4.52 Å². The first-order chi connectivity index (χ1) is 10.7. The summed E-state index contributed by atoms with van der Waals surface area (Å²) in [5.74, 6) is 2.62. The Morgan fingerprint density at radius 1 is 1.23 bits per heavy atom. The predicted molar refractivity (Wildman–Crippen MR) is 80.4 cm³/mol. The number of aryl methyl sites for hydroxylation is 2. The molecule has 0 radical (unpaired) electrons. The van der Waals surface area contributed by atoms with E-state index < -0.39 is 0 Å². The smallest absolute Gasteiger partial charge is 0.245 e. The molecule has 0 bridgehead atoms. The molecule has 22 heavy (non-hydrogen) atoms. The minimum Gasteiger partial charge on any atom is -0.360 e. The van der Waals surface area contributed by atoms with Crippen LogP contribution >= 0.6 is 0 Å². The molecule has 0 aliphatic heterocycles. The number of pyridine rings is 1. The minimum absolute atomic E-state index is 0.444. The third-order valence-corrected chi connectivity index (χ3v) is 3.76. The van der Waals surface area contributed by atoms with Gasteiger partial charge >= 0.3 is 0 Å². The number of nitrogens with zero attached hydrogens (tertiary/aromatic N) is 5. The van der Waals surface area contributed by atoms with Crippen LogP contribution in [0.1, 0.15) is 41.7 Å². The van der Waals surface area contributed by atoms with Gasteiger partial charge in [0.05, 0.1) is 11.9 Å². The average Bonchev–Trinajstić information content (AvgIpc) is 3.23. The lowest BCUT2D eigenvalue weighted by atomic mass is 10.1. The number of hydrogen-bond acceptors (Lipinski definition) is 7. The maximum Gasteiger partial charge on any atom is 0.245 e. The predicted octanol–water partition coefficient (Wildman–Crippen LogP) is 2.51. The van der Waals surface area contributed by atoms with Gasteiger partial charge in [-0.25, -0.2) is 15.0 Å². The first kappa shape index (κ1) is 13.1. The molecule has 4 rings (SSSR count). The second kappa shape index (κ2) is 5.01. The topological polar surface area (TPSA) is 89.6 Å². The second-order valence-electron chi connectivity index (χ2n) is 5.68. The van der Waals surface area contributed by atoms with Gasteiger partial charge in [0, 0.05) is 11.6 Å². The molecule has 0 atom stereocenters. The van der Waals surface area contributed by atoms with Crippen molar-refractivity contribution in [3.05, 3.63) is 35.4 Å². The second-order valence-corrected chi connectivity index (χ2v) is 5.68. The van der Waals surface area contributed by atoms with Crippen molar-refractivity contribution in [2.45, 2.75) is 39.2 Å². The standard InChI is InChI=1S/C15H16N6O/c1-8-5-9(2)19-15-12(8)14(17-7-18-15)16-6-11-20-13(21-22-11)10-3-4-10/h5,7,10H,3-4,6H2,1-2H3,(H,16,17,18,19). The van der Waals surface area contributed by atoms with E-state index in [2.05, 4.69) is 30.4 Å². The van der Waals surface area contributed by atoms with E-state index in [9.17, 15) is 0 Å². The Bertz CT molecular complexity index is 839. The molecule has 1 aliphatic carbocycles. The van der Waals surface area contributed by atoms with Gasteiger partial charge in [-0.05, 0) is 38.3 Å². The number of hydrogen-bond donors (Lipinski definition) is 1. The Morgan fingerprint density at radius 3 is 2.91 bits per heavy atom. The van der Waals surface area contributed by atoms with Crippen LogP contribution < -0.4 is 5.32 Å². The molecule has 7 heteroatoms. The molecule has 1 aliphatic rings. The summed E-state index contributed by atoms with van der Waals surface area (Å²) in [5.41, 5.74) is 2.73. The van der Waals surface area contributed by atoms with E-state index in [-0.39, 0.29) is 0 Å². The number of fused-ring (bicyclic) bond motifs is 1. The van der Waals surface area contributed by atoms with E-state index in [1.165, 1.54) is 6.33 Å². The van der Waals surface area contributed by atoms with Gasteiger partial charge in [0.25, 0.3) is 0 Å². The number of aromatic nitrogens is 5. The third kappa shape index (κ3) is 2.38. The summed E-state index contributed by atoms with van der Waals surface area (Å²) in [6, 6.07) is 2.02. The highest BCUT2D eigenvalue weighted by molar-refractivity contribution is 5.89. The van der Waals surface area contributed by atoms with Crippen molar-refractivity contribution in [1.82, 2.24) is 25.1 Å². The highest BCUT2D eigenvalue weighted by atomic mass is 16.5. The maximum absolute atomic E-state index is 5.27. The lowest BCUT2D eigenvalue weighted by Crippen LogP contribution is -2.04. The van der Waals surface area contributed by atoms with Crippen molar-refractivity contribution in [2.75, 3.05) is 5.32 Å². The fourth-order valence-corrected chi connectivity index (χ4v) is 2.55. The molecular weight excluding hydrogens is 280 g/mol. The molecule has 0 unspecified atom stereocenters. The average molecular weight is 296 g/mol. The quantitative estimate of drug-likeness (QED) is 0.791. The zero-order valence-electron chi connectivity index (χ0n) is 12.5. The summed E-state index contributed by atoms with van der Waals surface area (Å²) in [6.07, 6.45) is 3.83. The SMILES string of the molecule is Cc1cc(C)c2c(NCc3nc(C4CC4)no3)ncnc2n1. The van der Waals surface area contributed by atoms with Gasteiger partial charge in [-0.3, -0.25) is 0 Å². The van der Waals surface area contributed by atoms with Crippen molar-refractivity contribution in [1.29, 1.82) is 0 Å². The molecule has 1 saturated carbocycles. The molecule has 7 nitrogen and oxygen atoms in total. The van der Waals surface area contributed by atoms with Crippen LogP contribution in [0.15, 0.2) is 16.9 Å². The summed E-state index contributed by atoms with van der Waals surface area (Å²) in [4.78, 5) is 17.4. The molecule has 0 aromatic carbocycles. The van der Waals surface area contributed by atoms with Gasteiger partial charge in [-0.2, -0.15) is 4.98 Å². The number of anilines is 1. The lowest BCUT2D eigenvalue weighted by molar-refractivity contribution is 0.378. The maximum atomic E-state index is 5.27. The van der Waals surface area contributed by atoms with Crippen LogP contribution in [0.25, 0.3) is 11.0 Å². The van der Waals surface area contributed by atoms with E-state index in [1.807, 2.05) is 19.9 Å². The summed E-state index contributed by atoms with van der Waals surface area (Å²) in [5, 5.41) is 8.19. The van der Waals surface area contributed by atoms with Crippen LogP contribution in [-0.2, 0) is 6.54 Å². The normalized spacial score (nSPS) is 14.5. The zero-order valence-corrected chi connectivity index (χ0v) is 12.5. The first-order valence-corrected chi connectivity index (χ1v) is 7.36. The molecule has 3 aromatic heterocycles. The Morgan fingerprint density at radius 2 is 2.09 bits per heavy atom. The van der Waals surface area contributed by atoms with Crippen molar-refractivity contribution in [2.24, 2.45) is 0 Å². The van der Waals surface area contributed by atoms with E-state index in [0.29, 0.717) is 24.0 Å². The van der Waals surface area contributed by atoms with Gasteiger partial charge in [-0.15, -0.1) is 0 Å². The van der Waals surface area contributed by atoms with Crippen LogP contribution in [0.2, 0.25) is 0 Å². The first-order valence-electron chi connectivity index (χ1n) is 7.36. The van der Waals surface area contributed by atoms with Crippen LogP contribution in [0.5, 0.6) is 0 Å². The highest BCUT2D eigenvalue weighted by Gasteiger charge is 2.28. The summed E-state index contributed by atoms with van der Waals surface area (Å²) < 4.78 is 5.27. The molecular formula is C15H16N6O. The van der Waals surface area contributed by atoms with Crippen molar-refractivity contribution < 1.29 is 4.52 Å². The largest absolute Gasteiger partial charge is 0.360 e. The highest BCUT2D eigenvalue weighted by Crippen LogP contribution is 2.38. The van der Waals surface area contributed by atoms with Crippen LogP contribution in [0.3, 0.4) is 0 Å². The third-order valence-electron chi connectivity index (χ3n) is 3.76. The molecule has 3 heterocycles. The lowest BCUT2D eigenvalue weighted by Gasteiger charge is -2.08. The van der Waals surface area contributed by atoms with Gasteiger partial charge in [0.15, 0.2) is 11.5 Å². The Balaban J connectivity index is 1.60. The monoisotopic (exact) mass is 296 g/mol. The molecule has 112 valence electrons. The van der Waals surface area contributed by atoms with Crippen molar-refractivity contribution in [3.63, 3.8) is 0 Å². The molecule has 0 amide bonds. The zero-order chi connectivity index (χ0) is 15.1. The fourth-order valence-electron chi connectivity index (χ4n) is 2.55.